The molecule has 1 heterocycles. The number of hydrogen-bond donors (Lipinski definition) is 2. The number of likely N-dealkylation sites (tertiary alicyclic amines) is 1. The van der Waals surface area contributed by atoms with Gasteiger partial charge in [0.2, 0.25) is 0 Å². The van der Waals surface area contributed by atoms with Crippen molar-refractivity contribution in [3.63, 3.8) is 0 Å². The van der Waals surface area contributed by atoms with E-state index in [2.05, 4.69) is 24.2 Å². The maximum atomic E-state index is 6.09. The van der Waals surface area contributed by atoms with Gasteiger partial charge >= 0.3 is 0 Å². The standard InChI is InChI=1S/C15H25N3O2/c1-10-7-11(5-6-18(10)2)17-13-9-15(20-4)14(19-3)8-12(13)16/h8-11,17H,5-7,16H2,1-4H3. The van der Waals surface area contributed by atoms with Gasteiger partial charge in [-0.15, -0.1) is 0 Å². The second kappa shape index (κ2) is 6.22. The second-order valence-electron chi connectivity index (χ2n) is 5.49. The lowest BCUT2D eigenvalue weighted by molar-refractivity contribution is 0.190. The van der Waals surface area contributed by atoms with Crippen LogP contribution in [0.5, 0.6) is 11.5 Å². The summed E-state index contributed by atoms with van der Waals surface area (Å²) in [7, 11) is 5.42. The fraction of sp³-hybridized carbons (Fsp3) is 0.600. The molecule has 1 fully saturated rings. The molecule has 112 valence electrons. The molecule has 20 heavy (non-hydrogen) atoms. The van der Waals surface area contributed by atoms with E-state index >= 15 is 0 Å². The summed E-state index contributed by atoms with van der Waals surface area (Å²) in [6.07, 6.45) is 2.24. The lowest BCUT2D eigenvalue weighted by Gasteiger charge is -2.36. The molecule has 3 N–H and O–H groups in total. The normalized spacial score (nSPS) is 23.4. The molecule has 5 heteroatoms. The Morgan fingerprint density at radius 3 is 2.50 bits per heavy atom. The number of nitrogens with one attached hydrogen (secondary N) is 1. The average Bonchev–Trinajstić information content (AvgIpc) is 2.44. The zero-order valence-corrected chi connectivity index (χ0v) is 12.8. The van der Waals surface area contributed by atoms with Crippen LogP contribution in [0.3, 0.4) is 0 Å². The fourth-order valence-electron chi connectivity index (χ4n) is 2.66. The number of nitrogen functional groups attached to an aromatic ring is 1. The third kappa shape index (κ3) is 3.10. The highest BCUT2D eigenvalue weighted by molar-refractivity contribution is 5.72. The van der Waals surface area contributed by atoms with Crippen molar-refractivity contribution in [2.24, 2.45) is 0 Å². The molecule has 0 radical (unpaired) electrons. The van der Waals surface area contributed by atoms with Crippen molar-refractivity contribution in [2.45, 2.75) is 31.8 Å². The summed E-state index contributed by atoms with van der Waals surface area (Å²) >= 11 is 0. The predicted molar refractivity (Wildman–Crippen MR) is 82.7 cm³/mol. The Labute approximate surface area is 121 Å². The van der Waals surface area contributed by atoms with Crippen LogP contribution in [0.15, 0.2) is 12.1 Å². The van der Waals surface area contributed by atoms with E-state index in [-0.39, 0.29) is 0 Å². The number of rotatable bonds is 4. The first-order valence-electron chi connectivity index (χ1n) is 7.03. The van der Waals surface area contributed by atoms with Crippen molar-refractivity contribution in [2.75, 3.05) is 38.9 Å². The Bertz CT molecular complexity index is 465. The van der Waals surface area contributed by atoms with Gasteiger partial charge in [-0.2, -0.15) is 0 Å². The Morgan fingerprint density at radius 2 is 1.90 bits per heavy atom. The minimum atomic E-state index is 0.446. The van der Waals surface area contributed by atoms with Crippen LogP contribution in [-0.2, 0) is 0 Å². The van der Waals surface area contributed by atoms with Crippen LogP contribution >= 0.6 is 0 Å². The Morgan fingerprint density at radius 1 is 1.25 bits per heavy atom. The molecule has 2 rings (SSSR count). The molecular weight excluding hydrogens is 254 g/mol. The Hall–Kier alpha value is -1.62. The van der Waals surface area contributed by atoms with Crippen molar-refractivity contribution in [1.29, 1.82) is 0 Å². The van der Waals surface area contributed by atoms with E-state index in [1.807, 2.05) is 6.07 Å². The number of ether oxygens (including phenoxy) is 2. The molecule has 0 saturated carbocycles. The highest BCUT2D eigenvalue weighted by Gasteiger charge is 2.23. The Kier molecular flexibility index (Phi) is 4.60. The zero-order valence-electron chi connectivity index (χ0n) is 12.8. The number of nitrogens with two attached hydrogens (primary N) is 1. The highest BCUT2D eigenvalue weighted by atomic mass is 16.5. The van der Waals surface area contributed by atoms with Gasteiger partial charge in [-0.25, -0.2) is 0 Å². The van der Waals surface area contributed by atoms with Crippen LogP contribution in [0, 0.1) is 0 Å². The van der Waals surface area contributed by atoms with Crippen LogP contribution in [0.25, 0.3) is 0 Å². The average molecular weight is 279 g/mol. The van der Waals surface area contributed by atoms with Gasteiger partial charge in [0, 0.05) is 30.8 Å². The molecule has 0 bridgehead atoms. The largest absolute Gasteiger partial charge is 0.493 e. The number of hydrogen-bond acceptors (Lipinski definition) is 5. The van der Waals surface area contributed by atoms with Crippen LogP contribution in [0.4, 0.5) is 11.4 Å². The van der Waals surface area contributed by atoms with Gasteiger partial charge in [-0.3, -0.25) is 0 Å². The molecule has 1 aromatic rings. The Balaban J connectivity index is 2.13. The molecule has 0 amide bonds. The van der Waals surface area contributed by atoms with Crippen molar-refractivity contribution in [1.82, 2.24) is 4.90 Å². The van der Waals surface area contributed by atoms with Crippen molar-refractivity contribution in [3.8, 4) is 11.5 Å². The number of nitrogens with zero attached hydrogens (tertiary/aromatic N) is 1. The first-order valence-corrected chi connectivity index (χ1v) is 7.03. The first-order chi connectivity index (χ1) is 9.55. The molecule has 2 atom stereocenters. The molecule has 0 aliphatic carbocycles. The maximum absolute atomic E-state index is 6.09. The highest BCUT2D eigenvalue weighted by Crippen LogP contribution is 2.35. The van der Waals surface area contributed by atoms with Gasteiger partial charge in [0.1, 0.15) is 0 Å². The molecule has 5 nitrogen and oxygen atoms in total. The van der Waals surface area contributed by atoms with Crippen LogP contribution in [0.1, 0.15) is 19.8 Å². The lowest BCUT2D eigenvalue weighted by atomic mass is 9.98. The number of methoxy groups -OCH3 is 2. The SMILES string of the molecule is COc1cc(N)c(NC2CCN(C)C(C)C2)cc1OC. The van der Waals surface area contributed by atoms with E-state index in [0.29, 0.717) is 29.3 Å². The topological polar surface area (TPSA) is 59.8 Å². The summed E-state index contributed by atoms with van der Waals surface area (Å²) in [6.45, 7) is 3.36. The maximum Gasteiger partial charge on any atom is 0.162 e. The fourth-order valence-corrected chi connectivity index (χ4v) is 2.66. The van der Waals surface area contributed by atoms with E-state index < -0.39 is 0 Å². The van der Waals surface area contributed by atoms with E-state index in [4.69, 9.17) is 15.2 Å². The monoisotopic (exact) mass is 279 g/mol. The van der Waals surface area contributed by atoms with E-state index in [1.54, 1.807) is 20.3 Å². The predicted octanol–water partition coefficient (Wildman–Crippen LogP) is 2.18. The van der Waals surface area contributed by atoms with Gasteiger partial charge in [0.05, 0.1) is 25.6 Å². The number of piperidine rings is 1. The van der Waals surface area contributed by atoms with Crippen molar-refractivity contribution >= 4 is 11.4 Å². The van der Waals surface area contributed by atoms with Crippen molar-refractivity contribution in [3.05, 3.63) is 12.1 Å². The quantitative estimate of drug-likeness (QED) is 0.827. The summed E-state index contributed by atoms with van der Waals surface area (Å²) in [5.41, 5.74) is 7.70. The number of anilines is 2. The van der Waals surface area contributed by atoms with Gasteiger partial charge in [-0.05, 0) is 26.8 Å². The molecule has 0 spiro atoms. The van der Waals surface area contributed by atoms with Crippen LogP contribution in [-0.4, -0.2) is 44.8 Å². The van der Waals surface area contributed by atoms with Crippen molar-refractivity contribution < 1.29 is 9.47 Å². The second-order valence-corrected chi connectivity index (χ2v) is 5.49. The van der Waals surface area contributed by atoms with E-state index in [9.17, 15) is 0 Å². The third-order valence-electron chi connectivity index (χ3n) is 4.12. The minimum absolute atomic E-state index is 0.446. The minimum Gasteiger partial charge on any atom is -0.493 e. The summed E-state index contributed by atoms with van der Waals surface area (Å²) in [6, 6.07) is 4.75. The summed E-state index contributed by atoms with van der Waals surface area (Å²) in [4.78, 5) is 2.39. The smallest absolute Gasteiger partial charge is 0.162 e. The summed E-state index contributed by atoms with van der Waals surface area (Å²) in [5, 5.41) is 3.54. The zero-order chi connectivity index (χ0) is 14.7. The number of benzene rings is 1. The third-order valence-corrected chi connectivity index (χ3v) is 4.12. The first kappa shape index (κ1) is 14.8. The lowest BCUT2D eigenvalue weighted by Crippen LogP contribution is -2.42. The molecule has 1 aromatic carbocycles. The van der Waals surface area contributed by atoms with Gasteiger partial charge < -0.3 is 25.4 Å². The molecular formula is C15H25N3O2. The molecule has 2 unspecified atom stereocenters. The van der Waals surface area contributed by atoms with E-state index in [0.717, 1.165) is 25.1 Å². The van der Waals surface area contributed by atoms with Crippen LogP contribution < -0.4 is 20.5 Å². The van der Waals surface area contributed by atoms with E-state index in [1.165, 1.54) is 0 Å². The van der Waals surface area contributed by atoms with Gasteiger partial charge in [0.25, 0.3) is 0 Å². The summed E-state index contributed by atoms with van der Waals surface area (Å²) < 4.78 is 10.6. The summed E-state index contributed by atoms with van der Waals surface area (Å²) in [5.74, 6) is 1.36. The molecule has 1 saturated heterocycles. The molecule has 1 aliphatic rings. The molecule has 1 aliphatic heterocycles. The van der Waals surface area contributed by atoms with Crippen LogP contribution in [0.2, 0.25) is 0 Å². The van der Waals surface area contributed by atoms with Gasteiger partial charge in [0.15, 0.2) is 11.5 Å². The van der Waals surface area contributed by atoms with Gasteiger partial charge in [-0.1, -0.05) is 0 Å². The molecule has 0 aromatic heterocycles.